The first kappa shape index (κ1) is 14.4. The summed E-state index contributed by atoms with van der Waals surface area (Å²) in [6.45, 7) is 4.44. The van der Waals surface area contributed by atoms with Crippen molar-refractivity contribution in [3.63, 3.8) is 0 Å². The summed E-state index contributed by atoms with van der Waals surface area (Å²) < 4.78 is 5.55. The fourth-order valence-corrected chi connectivity index (χ4v) is 1.33. The van der Waals surface area contributed by atoms with Crippen LogP contribution < -0.4 is 10.1 Å². The van der Waals surface area contributed by atoms with Gasteiger partial charge in [0.25, 0.3) is 0 Å². The number of hydrogen-bond acceptors (Lipinski definition) is 4. The van der Waals surface area contributed by atoms with Crippen LogP contribution in [-0.4, -0.2) is 28.7 Å². The minimum absolute atomic E-state index is 0.305. The number of carbonyl (C=O) groups excluding carboxylic acids is 1. The first-order chi connectivity index (χ1) is 8.65. The predicted molar refractivity (Wildman–Crippen MR) is 68.2 cm³/mol. The summed E-state index contributed by atoms with van der Waals surface area (Å²) in [5.41, 5.74) is 0.808. The molecule has 1 aromatic heterocycles. The number of hydrogen-bond donors (Lipinski definition) is 2. The topological polar surface area (TPSA) is 71.5 Å². The zero-order chi connectivity index (χ0) is 13.4. The number of aliphatic hydroxyl groups excluding tert-OH is 1. The van der Waals surface area contributed by atoms with E-state index in [1.807, 2.05) is 6.07 Å². The van der Waals surface area contributed by atoms with Crippen LogP contribution in [0.3, 0.4) is 0 Å². The number of aliphatic hydroxyl groups is 1. The van der Waals surface area contributed by atoms with Gasteiger partial charge in [-0.15, -0.1) is 0 Å². The molecule has 0 aliphatic carbocycles. The van der Waals surface area contributed by atoms with E-state index in [0.717, 1.165) is 18.4 Å². The molecule has 1 atom stereocenters. The third-order valence-electron chi connectivity index (χ3n) is 2.42. The third kappa shape index (κ3) is 4.71. The Balaban J connectivity index is 2.56. The number of amides is 1. The van der Waals surface area contributed by atoms with E-state index >= 15 is 0 Å². The van der Waals surface area contributed by atoms with Crippen LogP contribution in [-0.2, 0) is 11.3 Å². The smallest absolute Gasteiger partial charge is 0.248 e. The van der Waals surface area contributed by atoms with Crippen molar-refractivity contribution in [3.8, 4) is 5.88 Å². The Hall–Kier alpha value is -1.62. The quantitative estimate of drug-likeness (QED) is 0.717. The van der Waals surface area contributed by atoms with E-state index in [4.69, 9.17) is 9.84 Å². The summed E-state index contributed by atoms with van der Waals surface area (Å²) >= 11 is 0. The van der Waals surface area contributed by atoms with Crippen molar-refractivity contribution >= 4 is 5.91 Å². The molecule has 0 saturated heterocycles. The van der Waals surface area contributed by atoms with E-state index in [1.165, 1.54) is 6.92 Å². The highest BCUT2D eigenvalue weighted by molar-refractivity contribution is 5.79. The third-order valence-corrected chi connectivity index (χ3v) is 2.42. The molecule has 0 aliphatic rings. The largest absolute Gasteiger partial charge is 0.477 e. The van der Waals surface area contributed by atoms with Gasteiger partial charge in [0, 0.05) is 18.3 Å². The second-order valence-corrected chi connectivity index (χ2v) is 4.06. The van der Waals surface area contributed by atoms with E-state index < -0.39 is 12.0 Å². The molecule has 0 aromatic carbocycles. The molecule has 5 heteroatoms. The van der Waals surface area contributed by atoms with E-state index in [1.54, 1.807) is 12.3 Å². The second-order valence-electron chi connectivity index (χ2n) is 4.06. The number of unbranched alkanes of at least 4 members (excludes halogenated alkanes) is 1. The molecule has 0 spiro atoms. The van der Waals surface area contributed by atoms with Crippen LogP contribution in [0.2, 0.25) is 0 Å². The number of nitrogens with one attached hydrogen (secondary N) is 1. The summed E-state index contributed by atoms with van der Waals surface area (Å²) in [4.78, 5) is 15.4. The van der Waals surface area contributed by atoms with Gasteiger partial charge in [0.2, 0.25) is 11.8 Å². The number of aromatic nitrogens is 1. The van der Waals surface area contributed by atoms with Crippen molar-refractivity contribution in [2.24, 2.45) is 0 Å². The lowest BCUT2D eigenvalue weighted by molar-refractivity contribution is -0.128. The molecule has 1 amide bonds. The molecular weight excluding hydrogens is 232 g/mol. The molecule has 18 heavy (non-hydrogen) atoms. The van der Waals surface area contributed by atoms with Gasteiger partial charge in [-0.2, -0.15) is 0 Å². The average Bonchev–Trinajstić information content (AvgIpc) is 2.37. The van der Waals surface area contributed by atoms with E-state index in [2.05, 4.69) is 17.2 Å². The maximum Gasteiger partial charge on any atom is 0.248 e. The Labute approximate surface area is 107 Å². The molecule has 1 heterocycles. The minimum Gasteiger partial charge on any atom is -0.477 e. The lowest BCUT2D eigenvalue weighted by Crippen LogP contribution is -2.32. The fraction of sp³-hybridized carbons (Fsp3) is 0.538. The van der Waals surface area contributed by atoms with Crippen molar-refractivity contribution < 1.29 is 14.6 Å². The first-order valence-corrected chi connectivity index (χ1v) is 6.17. The summed E-state index contributed by atoms with van der Waals surface area (Å²) in [7, 11) is 0. The number of nitrogens with zero attached hydrogens (tertiary/aromatic N) is 1. The second kappa shape index (κ2) is 7.66. The van der Waals surface area contributed by atoms with Crippen LogP contribution in [0.5, 0.6) is 5.88 Å². The molecule has 0 unspecified atom stereocenters. The van der Waals surface area contributed by atoms with E-state index in [0.29, 0.717) is 19.0 Å². The first-order valence-electron chi connectivity index (χ1n) is 6.17. The van der Waals surface area contributed by atoms with Crippen LogP contribution in [0.15, 0.2) is 18.3 Å². The highest BCUT2D eigenvalue weighted by Crippen LogP contribution is 2.14. The van der Waals surface area contributed by atoms with Crippen molar-refractivity contribution in [2.75, 3.05) is 6.61 Å². The molecule has 0 fully saturated rings. The molecule has 1 rings (SSSR count). The lowest BCUT2D eigenvalue weighted by Gasteiger charge is -2.11. The van der Waals surface area contributed by atoms with Crippen LogP contribution in [0.1, 0.15) is 32.3 Å². The number of pyridine rings is 1. The van der Waals surface area contributed by atoms with Crippen molar-refractivity contribution in [1.82, 2.24) is 10.3 Å². The maximum absolute atomic E-state index is 11.3. The highest BCUT2D eigenvalue weighted by atomic mass is 16.5. The fourth-order valence-electron chi connectivity index (χ4n) is 1.33. The Morgan fingerprint density at radius 2 is 2.39 bits per heavy atom. The molecule has 5 nitrogen and oxygen atoms in total. The Morgan fingerprint density at radius 1 is 1.61 bits per heavy atom. The van der Waals surface area contributed by atoms with Gasteiger partial charge in [-0.25, -0.2) is 4.98 Å². The van der Waals surface area contributed by atoms with Gasteiger partial charge >= 0.3 is 0 Å². The van der Waals surface area contributed by atoms with Crippen molar-refractivity contribution in [3.05, 3.63) is 23.9 Å². The molecule has 0 bridgehead atoms. The van der Waals surface area contributed by atoms with Gasteiger partial charge in [-0.05, 0) is 19.4 Å². The standard InChI is InChI=1S/C13H20N2O3/c1-3-4-8-18-13-11(6-5-7-14-13)9-15-12(17)10(2)16/h5-7,10,16H,3-4,8-9H2,1-2H3,(H,15,17)/t10-/m0/s1. The minimum atomic E-state index is -1.01. The van der Waals surface area contributed by atoms with Gasteiger partial charge < -0.3 is 15.2 Å². The van der Waals surface area contributed by atoms with E-state index in [-0.39, 0.29) is 0 Å². The van der Waals surface area contributed by atoms with Crippen molar-refractivity contribution in [2.45, 2.75) is 39.3 Å². The molecule has 2 N–H and O–H groups in total. The van der Waals surface area contributed by atoms with Crippen LogP contribution in [0.25, 0.3) is 0 Å². The zero-order valence-corrected chi connectivity index (χ0v) is 10.8. The molecule has 0 radical (unpaired) electrons. The molecular formula is C13H20N2O3. The van der Waals surface area contributed by atoms with Gasteiger partial charge in [0.05, 0.1) is 6.61 Å². The van der Waals surface area contributed by atoms with Crippen LogP contribution in [0, 0.1) is 0 Å². The molecule has 0 saturated carbocycles. The number of carbonyl (C=O) groups is 1. The van der Waals surface area contributed by atoms with Crippen LogP contribution >= 0.6 is 0 Å². The normalized spacial score (nSPS) is 11.9. The summed E-state index contributed by atoms with van der Waals surface area (Å²) in [5, 5.41) is 11.7. The summed E-state index contributed by atoms with van der Waals surface area (Å²) in [5.74, 6) is 0.134. The summed E-state index contributed by atoms with van der Waals surface area (Å²) in [6.07, 6.45) is 2.67. The molecule has 100 valence electrons. The van der Waals surface area contributed by atoms with E-state index in [9.17, 15) is 4.79 Å². The predicted octanol–water partition coefficient (Wildman–Crippen LogP) is 1.26. The average molecular weight is 252 g/mol. The van der Waals surface area contributed by atoms with Crippen LogP contribution in [0.4, 0.5) is 0 Å². The number of ether oxygens (including phenoxy) is 1. The SMILES string of the molecule is CCCCOc1ncccc1CNC(=O)[C@H](C)O. The monoisotopic (exact) mass is 252 g/mol. The Morgan fingerprint density at radius 3 is 3.06 bits per heavy atom. The van der Waals surface area contributed by atoms with Gasteiger partial charge in [-0.1, -0.05) is 19.4 Å². The molecule has 1 aromatic rings. The molecule has 0 aliphatic heterocycles. The summed E-state index contributed by atoms with van der Waals surface area (Å²) in [6, 6.07) is 3.63. The van der Waals surface area contributed by atoms with Crippen molar-refractivity contribution in [1.29, 1.82) is 0 Å². The van der Waals surface area contributed by atoms with Gasteiger partial charge in [-0.3, -0.25) is 4.79 Å². The Bertz CT molecular complexity index is 380. The van der Waals surface area contributed by atoms with Gasteiger partial charge in [0.1, 0.15) is 6.10 Å². The number of rotatable bonds is 7. The Kier molecular flexibility index (Phi) is 6.14. The van der Waals surface area contributed by atoms with Gasteiger partial charge in [0.15, 0.2) is 0 Å². The highest BCUT2D eigenvalue weighted by Gasteiger charge is 2.10. The maximum atomic E-state index is 11.3. The lowest BCUT2D eigenvalue weighted by atomic mass is 10.2. The zero-order valence-electron chi connectivity index (χ0n) is 10.8.